The average molecular weight is 252 g/mol. The number of halogens is 2. The van der Waals surface area contributed by atoms with Crippen LogP contribution < -0.4 is 10.6 Å². The van der Waals surface area contributed by atoms with E-state index in [1.165, 1.54) is 6.07 Å². The van der Waals surface area contributed by atoms with Gasteiger partial charge in [-0.05, 0) is 24.3 Å². The van der Waals surface area contributed by atoms with Crippen molar-refractivity contribution in [2.45, 2.75) is 0 Å². The maximum Gasteiger partial charge on any atom is 0.165 e. The van der Waals surface area contributed by atoms with E-state index in [1.54, 1.807) is 25.2 Å². The van der Waals surface area contributed by atoms with Gasteiger partial charge in [-0.25, -0.2) is 9.37 Å². The summed E-state index contributed by atoms with van der Waals surface area (Å²) < 4.78 is 13.6. The van der Waals surface area contributed by atoms with Crippen LogP contribution in [-0.2, 0) is 0 Å². The number of anilines is 3. The van der Waals surface area contributed by atoms with Crippen molar-refractivity contribution in [3.8, 4) is 0 Å². The van der Waals surface area contributed by atoms with Crippen LogP contribution in [0.3, 0.4) is 0 Å². The number of rotatable bonds is 3. The molecule has 3 nitrogen and oxygen atoms in total. The molecule has 0 amide bonds. The Labute approximate surface area is 104 Å². The molecule has 1 heterocycles. The molecule has 0 spiro atoms. The smallest absolute Gasteiger partial charge is 0.165 e. The fraction of sp³-hybridized carbons (Fsp3) is 0.0833. The fourth-order valence-corrected chi connectivity index (χ4v) is 1.56. The highest BCUT2D eigenvalue weighted by Crippen LogP contribution is 2.24. The highest BCUT2D eigenvalue weighted by molar-refractivity contribution is 6.31. The number of nitrogens with one attached hydrogen (secondary N) is 2. The Bertz CT molecular complexity index is 531. The van der Waals surface area contributed by atoms with Gasteiger partial charge in [0.25, 0.3) is 0 Å². The third kappa shape index (κ3) is 2.65. The van der Waals surface area contributed by atoms with E-state index in [-0.39, 0.29) is 5.02 Å². The van der Waals surface area contributed by atoms with Crippen molar-refractivity contribution in [3.63, 3.8) is 0 Å². The molecule has 2 aromatic rings. The lowest BCUT2D eigenvalue weighted by Crippen LogP contribution is -1.99. The van der Waals surface area contributed by atoms with Gasteiger partial charge in [-0.2, -0.15) is 0 Å². The van der Waals surface area contributed by atoms with Crippen LogP contribution in [-0.4, -0.2) is 12.0 Å². The van der Waals surface area contributed by atoms with Crippen LogP contribution in [0.1, 0.15) is 0 Å². The van der Waals surface area contributed by atoms with E-state index in [9.17, 15) is 4.39 Å². The van der Waals surface area contributed by atoms with Gasteiger partial charge in [-0.1, -0.05) is 23.7 Å². The van der Waals surface area contributed by atoms with E-state index in [0.717, 1.165) is 0 Å². The van der Waals surface area contributed by atoms with Gasteiger partial charge in [0, 0.05) is 7.05 Å². The van der Waals surface area contributed by atoms with E-state index in [2.05, 4.69) is 15.6 Å². The first-order valence-corrected chi connectivity index (χ1v) is 5.44. The van der Waals surface area contributed by atoms with E-state index in [0.29, 0.717) is 17.3 Å². The molecular weight excluding hydrogens is 241 g/mol. The predicted octanol–water partition coefficient (Wildman–Crippen LogP) is 3.66. The predicted molar refractivity (Wildman–Crippen MR) is 68.5 cm³/mol. The van der Waals surface area contributed by atoms with Crippen LogP contribution in [0.2, 0.25) is 5.02 Å². The number of hydrogen-bond acceptors (Lipinski definition) is 3. The number of benzene rings is 1. The van der Waals surface area contributed by atoms with Crippen molar-refractivity contribution in [3.05, 3.63) is 47.2 Å². The van der Waals surface area contributed by atoms with Crippen molar-refractivity contribution in [1.82, 2.24) is 4.98 Å². The third-order valence-electron chi connectivity index (χ3n) is 2.22. The molecule has 0 unspecified atom stereocenters. The zero-order valence-electron chi connectivity index (χ0n) is 9.17. The Morgan fingerprint density at radius 1 is 1.12 bits per heavy atom. The van der Waals surface area contributed by atoms with Crippen LogP contribution in [0.15, 0.2) is 36.4 Å². The Hall–Kier alpha value is -1.81. The second kappa shape index (κ2) is 5.01. The first kappa shape index (κ1) is 11.7. The van der Waals surface area contributed by atoms with Crippen LogP contribution in [0.25, 0.3) is 0 Å². The summed E-state index contributed by atoms with van der Waals surface area (Å²) in [6, 6.07) is 10.2. The van der Waals surface area contributed by atoms with Gasteiger partial charge in [0.15, 0.2) is 5.82 Å². The van der Waals surface area contributed by atoms with Crippen LogP contribution >= 0.6 is 11.6 Å². The average Bonchev–Trinajstić information content (AvgIpc) is 2.35. The lowest BCUT2D eigenvalue weighted by molar-refractivity contribution is 0.632. The third-order valence-corrected chi connectivity index (χ3v) is 2.51. The van der Waals surface area contributed by atoms with Crippen LogP contribution in [0.4, 0.5) is 21.7 Å². The first-order chi connectivity index (χ1) is 8.20. The van der Waals surface area contributed by atoms with E-state index >= 15 is 0 Å². The molecule has 88 valence electrons. The van der Waals surface area contributed by atoms with Gasteiger partial charge >= 0.3 is 0 Å². The molecule has 0 fully saturated rings. The van der Waals surface area contributed by atoms with E-state index < -0.39 is 5.82 Å². The maximum atomic E-state index is 13.6. The summed E-state index contributed by atoms with van der Waals surface area (Å²) in [7, 11) is 1.77. The van der Waals surface area contributed by atoms with Crippen LogP contribution in [0.5, 0.6) is 0 Å². The first-order valence-electron chi connectivity index (χ1n) is 5.06. The molecule has 2 rings (SSSR count). The molecule has 0 saturated heterocycles. The highest BCUT2D eigenvalue weighted by atomic mass is 35.5. The van der Waals surface area contributed by atoms with Crippen molar-refractivity contribution in [2.24, 2.45) is 0 Å². The lowest BCUT2D eigenvalue weighted by atomic mass is 10.3. The zero-order chi connectivity index (χ0) is 12.3. The molecule has 0 atom stereocenters. The van der Waals surface area contributed by atoms with Gasteiger partial charge in [0.1, 0.15) is 11.6 Å². The molecule has 0 aliphatic rings. The summed E-state index contributed by atoms with van der Waals surface area (Å²) in [5, 5.41) is 5.87. The SMILES string of the molecule is CNc1cccc(Nc2cccc(Cl)c2F)n1. The van der Waals surface area contributed by atoms with E-state index in [1.807, 2.05) is 12.1 Å². The molecule has 2 N–H and O–H groups in total. The fourth-order valence-electron chi connectivity index (χ4n) is 1.38. The van der Waals surface area contributed by atoms with Crippen molar-refractivity contribution in [2.75, 3.05) is 17.7 Å². The molecule has 0 saturated carbocycles. The van der Waals surface area contributed by atoms with Crippen molar-refractivity contribution in [1.29, 1.82) is 0 Å². The second-order valence-electron chi connectivity index (χ2n) is 3.38. The van der Waals surface area contributed by atoms with Crippen LogP contribution in [0, 0.1) is 5.82 Å². The summed E-state index contributed by atoms with van der Waals surface area (Å²) in [5.41, 5.74) is 0.304. The molecular formula is C12H11ClFN3. The maximum absolute atomic E-state index is 13.6. The van der Waals surface area contributed by atoms with Gasteiger partial charge in [-0.15, -0.1) is 0 Å². The number of aromatic nitrogens is 1. The summed E-state index contributed by atoms with van der Waals surface area (Å²) in [5.74, 6) is 0.779. The monoisotopic (exact) mass is 251 g/mol. The summed E-state index contributed by atoms with van der Waals surface area (Å²) >= 11 is 5.69. The Morgan fingerprint density at radius 3 is 2.59 bits per heavy atom. The topological polar surface area (TPSA) is 37.0 Å². The van der Waals surface area contributed by atoms with Gasteiger partial charge in [-0.3, -0.25) is 0 Å². The summed E-state index contributed by atoms with van der Waals surface area (Å²) in [6.45, 7) is 0. The number of hydrogen-bond donors (Lipinski definition) is 2. The molecule has 0 radical (unpaired) electrons. The number of pyridine rings is 1. The van der Waals surface area contributed by atoms with Gasteiger partial charge in [0.2, 0.25) is 0 Å². The molecule has 1 aromatic heterocycles. The Balaban J connectivity index is 2.28. The Kier molecular flexibility index (Phi) is 3.44. The zero-order valence-corrected chi connectivity index (χ0v) is 9.92. The lowest BCUT2D eigenvalue weighted by Gasteiger charge is -2.08. The van der Waals surface area contributed by atoms with E-state index in [4.69, 9.17) is 11.6 Å². The molecule has 0 aliphatic carbocycles. The molecule has 0 aliphatic heterocycles. The van der Waals surface area contributed by atoms with Gasteiger partial charge < -0.3 is 10.6 Å². The minimum Gasteiger partial charge on any atom is -0.373 e. The molecule has 0 bridgehead atoms. The normalized spacial score (nSPS) is 10.1. The molecule has 17 heavy (non-hydrogen) atoms. The van der Waals surface area contributed by atoms with Gasteiger partial charge in [0.05, 0.1) is 10.7 Å². The molecule has 5 heteroatoms. The highest BCUT2D eigenvalue weighted by Gasteiger charge is 2.06. The van der Waals surface area contributed by atoms with Crippen molar-refractivity contribution >= 4 is 28.9 Å². The standard InChI is InChI=1S/C12H11ClFN3/c1-15-10-6-3-7-11(17-10)16-9-5-2-4-8(13)12(9)14/h2-7H,1H3,(H2,15,16,17). The molecule has 1 aromatic carbocycles. The minimum atomic E-state index is -0.481. The quantitative estimate of drug-likeness (QED) is 0.874. The second-order valence-corrected chi connectivity index (χ2v) is 3.79. The largest absolute Gasteiger partial charge is 0.373 e. The minimum absolute atomic E-state index is 0.0831. The number of nitrogens with zero attached hydrogens (tertiary/aromatic N) is 1. The van der Waals surface area contributed by atoms with Crippen molar-refractivity contribution < 1.29 is 4.39 Å². The Morgan fingerprint density at radius 2 is 1.82 bits per heavy atom. The summed E-state index contributed by atoms with van der Waals surface area (Å²) in [4.78, 5) is 4.23. The summed E-state index contributed by atoms with van der Waals surface area (Å²) in [6.07, 6.45) is 0.